The summed E-state index contributed by atoms with van der Waals surface area (Å²) >= 11 is 0. The Bertz CT molecular complexity index is 1110. The van der Waals surface area contributed by atoms with Crippen molar-refractivity contribution in [3.63, 3.8) is 0 Å². The van der Waals surface area contributed by atoms with Gasteiger partial charge in [-0.05, 0) is 31.2 Å². The van der Waals surface area contributed by atoms with Crippen molar-refractivity contribution in [3.8, 4) is 11.4 Å². The van der Waals surface area contributed by atoms with E-state index in [2.05, 4.69) is 25.3 Å². The fourth-order valence-electron chi connectivity index (χ4n) is 3.01. The van der Waals surface area contributed by atoms with Gasteiger partial charge in [0.05, 0.1) is 17.7 Å². The third-order valence-corrected chi connectivity index (χ3v) is 4.68. The van der Waals surface area contributed by atoms with Crippen LogP contribution >= 0.6 is 0 Å². The van der Waals surface area contributed by atoms with Gasteiger partial charge in [-0.1, -0.05) is 0 Å². The van der Waals surface area contributed by atoms with Crippen LogP contribution < -0.4 is 5.32 Å². The molecule has 3 rings (SSSR count). The van der Waals surface area contributed by atoms with E-state index in [1.165, 1.54) is 31.5 Å². The van der Waals surface area contributed by atoms with Crippen LogP contribution in [0.2, 0.25) is 0 Å². The van der Waals surface area contributed by atoms with Crippen molar-refractivity contribution in [3.05, 3.63) is 66.0 Å². The smallest absolute Gasteiger partial charge is 0.352 e. The van der Waals surface area contributed by atoms with Crippen LogP contribution in [0.5, 0.6) is 0 Å². The molecule has 0 aliphatic heterocycles. The summed E-state index contributed by atoms with van der Waals surface area (Å²) < 4.78 is 78.5. The predicted molar refractivity (Wildman–Crippen MR) is 109 cm³/mol. The van der Waals surface area contributed by atoms with Crippen molar-refractivity contribution >= 4 is 11.9 Å². The van der Waals surface area contributed by atoms with Crippen LogP contribution in [0.15, 0.2) is 49.1 Å². The number of carbonyl (C=O) groups excluding carboxylic acids is 1. The first-order valence-electron chi connectivity index (χ1n) is 9.85. The summed E-state index contributed by atoms with van der Waals surface area (Å²) in [4.78, 5) is 29.2. The Morgan fingerprint density at radius 1 is 1.09 bits per heavy atom. The van der Waals surface area contributed by atoms with E-state index in [0.29, 0.717) is 12.4 Å². The van der Waals surface area contributed by atoms with Crippen molar-refractivity contribution in [1.29, 1.82) is 0 Å². The van der Waals surface area contributed by atoms with Crippen LogP contribution in [0.4, 0.5) is 32.3 Å². The molecule has 3 aromatic rings. The maximum absolute atomic E-state index is 14.0. The summed E-state index contributed by atoms with van der Waals surface area (Å²) in [5.74, 6) is -1.74. The summed E-state index contributed by atoms with van der Waals surface area (Å²) in [5.41, 5.74) is -1.12. The number of nitrogens with zero attached hydrogens (tertiary/aromatic N) is 5. The number of hydrogen-bond acceptors (Lipinski definition) is 6. The number of carbonyl (C=O) groups is 1. The number of halogens is 6. The minimum absolute atomic E-state index is 0.103. The highest BCUT2D eigenvalue weighted by Gasteiger charge is 2.31. The van der Waals surface area contributed by atoms with Gasteiger partial charge >= 0.3 is 6.18 Å². The van der Waals surface area contributed by atoms with Crippen molar-refractivity contribution < 1.29 is 31.1 Å². The molecule has 2 aromatic heterocycles. The van der Waals surface area contributed by atoms with Gasteiger partial charge in [-0.25, -0.2) is 33.1 Å². The monoisotopic (exact) mass is 484 g/mol. The van der Waals surface area contributed by atoms with E-state index in [1.807, 2.05) is 0 Å². The van der Waals surface area contributed by atoms with E-state index in [-0.39, 0.29) is 29.4 Å². The highest BCUT2D eigenvalue weighted by Crippen LogP contribution is 2.28. The lowest BCUT2D eigenvalue weighted by Gasteiger charge is -2.30. The average Bonchev–Trinajstić information content (AvgIpc) is 2.80. The molecule has 180 valence electrons. The second kappa shape index (κ2) is 10.4. The van der Waals surface area contributed by atoms with Gasteiger partial charge in [0, 0.05) is 42.9 Å². The van der Waals surface area contributed by atoms with Crippen molar-refractivity contribution in [2.45, 2.75) is 25.6 Å². The van der Waals surface area contributed by atoms with E-state index in [1.54, 1.807) is 0 Å². The van der Waals surface area contributed by atoms with Gasteiger partial charge < -0.3 is 10.2 Å². The fraction of sp³-hybridized carbons (Fsp3) is 0.286. The van der Waals surface area contributed by atoms with Gasteiger partial charge in [0.1, 0.15) is 5.82 Å². The molecule has 0 aliphatic rings. The highest BCUT2D eigenvalue weighted by molar-refractivity contribution is 6.00. The van der Waals surface area contributed by atoms with Crippen LogP contribution in [-0.4, -0.2) is 56.3 Å². The van der Waals surface area contributed by atoms with Crippen LogP contribution in [-0.2, 0) is 6.18 Å². The number of hydrogen-bond donors (Lipinski definition) is 1. The summed E-state index contributed by atoms with van der Waals surface area (Å²) in [6.07, 6.45) is -3.56. The third-order valence-electron chi connectivity index (χ3n) is 4.68. The van der Waals surface area contributed by atoms with Crippen molar-refractivity contribution in [1.82, 2.24) is 24.8 Å². The Kier molecular flexibility index (Phi) is 7.64. The molecule has 0 unspecified atom stereocenters. The van der Waals surface area contributed by atoms with Crippen LogP contribution in [0.3, 0.4) is 0 Å². The second-order valence-electron chi connectivity index (χ2n) is 7.13. The molecule has 7 nitrogen and oxygen atoms in total. The van der Waals surface area contributed by atoms with Crippen LogP contribution in [0.25, 0.3) is 11.4 Å². The van der Waals surface area contributed by atoms with Crippen LogP contribution in [0.1, 0.15) is 22.8 Å². The summed E-state index contributed by atoms with van der Waals surface area (Å²) in [5, 5.41) is 2.61. The number of benzene rings is 1. The molecule has 0 spiro atoms. The van der Waals surface area contributed by atoms with Crippen molar-refractivity contribution in [2.75, 3.05) is 18.4 Å². The van der Waals surface area contributed by atoms with Gasteiger partial charge in [-0.2, -0.15) is 13.2 Å². The molecule has 1 aromatic carbocycles. The van der Waals surface area contributed by atoms with Gasteiger partial charge in [0.25, 0.3) is 12.3 Å². The van der Waals surface area contributed by atoms with Gasteiger partial charge in [-0.15, -0.1) is 0 Å². The number of alkyl halides is 5. The largest absolute Gasteiger partial charge is 0.419 e. The predicted octanol–water partition coefficient (Wildman–Crippen LogP) is 4.30. The zero-order chi connectivity index (χ0) is 24.9. The maximum Gasteiger partial charge on any atom is 0.419 e. The molecule has 1 N–H and O–H groups in total. The highest BCUT2D eigenvalue weighted by atomic mass is 19.4. The zero-order valence-electron chi connectivity index (χ0n) is 17.6. The molecule has 0 fully saturated rings. The molecule has 0 aliphatic carbocycles. The maximum atomic E-state index is 14.0. The normalized spacial score (nSPS) is 12.5. The Labute approximate surface area is 189 Å². The SMILES string of the molecule is C[C@@H](CNc1ncc(C(F)(F)F)cn1)N(CC(F)F)C(=O)c1cc(F)ccc1-c1ncccn1. The molecule has 1 atom stereocenters. The third kappa shape index (κ3) is 6.17. The summed E-state index contributed by atoms with van der Waals surface area (Å²) in [7, 11) is 0. The molecular formula is C21H18F6N6O. The van der Waals surface area contributed by atoms with E-state index >= 15 is 0 Å². The van der Waals surface area contributed by atoms with Crippen molar-refractivity contribution in [2.24, 2.45) is 0 Å². The Morgan fingerprint density at radius 3 is 2.32 bits per heavy atom. The Hall–Kier alpha value is -3.77. The van der Waals surface area contributed by atoms with E-state index < -0.39 is 42.5 Å². The average molecular weight is 484 g/mol. The fourth-order valence-corrected chi connectivity index (χ4v) is 3.01. The lowest BCUT2D eigenvalue weighted by Crippen LogP contribution is -2.45. The molecular weight excluding hydrogens is 466 g/mol. The molecule has 13 heteroatoms. The minimum Gasteiger partial charge on any atom is -0.352 e. The molecule has 34 heavy (non-hydrogen) atoms. The first-order chi connectivity index (χ1) is 16.1. The van der Waals surface area contributed by atoms with E-state index in [9.17, 15) is 31.1 Å². The number of nitrogens with one attached hydrogen (secondary N) is 1. The Balaban J connectivity index is 1.83. The molecule has 0 radical (unpaired) electrons. The first kappa shape index (κ1) is 24.9. The standard InChI is InChI=1S/C21H18F6N6O/c1-12(8-30-20-31-9-13(10-32-20)21(25,26)27)33(11-17(23)24)19(34)16-7-14(22)3-4-15(16)18-28-5-2-6-29-18/h2-7,9-10,12,17H,8,11H2,1H3,(H,30,31,32)/t12-/m0/s1. The van der Waals surface area contributed by atoms with Gasteiger partial charge in [-0.3, -0.25) is 4.79 Å². The quantitative estimate of drug-likeness (QED) is 0.480. The van der Waals surface area contributed by atoms with Gasteiger partial charge in [0.2, 0.25) is 5.95 Å². The molecule has 0 saturated carbocycles. The first-order valence-corrected chi connectivity index (χ1v) is 9.85. The molecule has 2 heterocycles. The summed E-state index contributed by atoms with van der Waals surface area (Å²) in [6, 6.07) is 3.91. The topological polar surface area (TPSA) is 83.9 Å². The number of aromatic nitrogens is 4. The number of rotatable bonds is 8. The minimum atomic E-state index is -4.61. The summed E-state index contributed by atoms with van der Waals surface area (Å²) in [6.45, 7) is 0.298. The molecule has 1 amide bonds. The Morgan fingerprint density at radius 2 is 1.74 bits per heavy atom. The molecule has 0 saturated heterocycles. The van der Waals surface area contributed by atoms with Gasteiger partial charge in [0.15, 0.2) is 5.82 Å². The lowest BCUT2D eigenvalue weighted by molar-refractivity contribution is -0.138. The zero-order valence-corrected chi connectivity index (χ0v) is 17.6. The second-order valence-corrected chi connectivity index (χ2v) is 7.13. The van der Waals surface area contributed by atoms with E-state index in [4.69, 9.17) is 0 Å². The molecule has 0 bridgehead atoms. The lowest BCUT2D eigenvalue weighted by atomic mass is 10.0. The number of anilines is 1. The van der Waals surface area contributed by atoms with E-state index in [0.717, 1.165) is 17.0 Å². The number of amides is 1. The van der Waals surface area contributed by atoms with Crippen LogP contribution in [0, 0.1) is 5.82 Å².